The molecule has 0 bridgehead atoms. The second-order valence-electron chi connectivity index (χ2n) is 13.9. The maximum atomic E-state index is 11.8. The van der Waals surface area contributed by atoms with Crippen molar-refractivity contribution >= 4 is 5.97 Å². The van der Waals surface area contributed by atoms with Gasteiger partial charge in [0.05, 0.1) is 25.9 Å². The number of methoxy groups -OCH3 is 1. The molecule has 49 heavy (non-hydrogen) atoms. The smallest absolute Gasteiger partial charge is 0.335 e. The van der Waals surface area contributed by atoms with E-state index < -0.39 is 5.97 Å². The van der Waals surface area contributed by atoms with Gasteiger partial charge in [0.25, 0.3) is 0 Å². The van der Waals surface area contributed by atoms with Crippen LogP contribution < -0.4 is 14.2 Å². The van der Waals surface area contributed by atoms with Gasteiger partial charge in [-0.05, 0) is 76.3 Å². The Morgan fingerprint density at radius 1 is 0.510 bits per heavy atom. The summed E-state index contributed by atoms with van der Waals surface area (Å²) in [7, 11) is 1.59. The average Bonchev–Trinajstić information content (AvgIpc) is 3.10. The van der Waals surface area contributed by atoms with Crippen LogP contribution in [0.15, 0.2) is 36.4 Å². The number of carbonyl (C=O) groups is 1. The van der Waals surface area contributed by atoms with Crippen LogP contribution in [0.4, 0.5) is 0 Å². The molecule has 282 valence electrons. The average molecular weight is 685 g/mol. The van der Waals surface area contributed by atoms with Gasteiger partial charge in [0.1, 0.15) is 0 Å². The fourth-order valence-corrected chi connectivity index (χ4v) is 6.18. The number of ether oxygens (including phenoxy) is 3. The summed E-state index contributed by atoms with van der Waals surface area (Å²) >= 11 is 0. The van der Waals surface area contributed by atoms with Crippen LogP contribution in [0.2, 0.25) is 0 Å². The summed E-state index contributed by atoms with van der Waals surface area (Å²) in [5.74, 6) is 0.392. The van der Waals surface area contributed by atoms with Gasteiger partial charge in [0.15, 0.2) is 11.5 Å². The molecule has 5 nitrogen and oxygen atoms in total. The van der Waals surface area contributed by atoms with Gasteiger partial charge in [-0.15, -0.1) is 0 Å². The van der Waals surface area contributed by atoms with E-state index >= 15 is 0 Å². The number of carboxylic acids is 1. The summed E-state index contributed by atoms with van der Waals surface area (Å²) in [6.45, 7) is 5.61. The standard InChI is InChI=1S/C44H76O5/c1-4-6-8-10-12-14-16-18-20-22-24-26-28-30-32-34-36-48-41-38-40(44(45)46)39-42(43(41)47-3)49-37-35-33-31-29-27-25-23-21-19-17-15-13-11-9-7-5-2/h18-21,38-39H,4-17,22-37H2,1-3H3,(H,45,46)/b20-18-,21-19-. The minimum absolute atomic E-state index is 0.160. The minimum atomic E-state index is -0.994. The third kappa shape index (κ3) is 26.1. The highest BCUT2D eigenvalue weighted by Crippen LogP contribution is 2.39. The van der Waals surface area contributed by atoms with Gasteiger partial charge < -0.3 is 19.3 Å². The van der Waals surface area contributed by atoms with Crippen LogP contribution in [-0.2, 0) is 0 Å². The topological polar surface area (TPSA) is 65.0 Å². The van der Waals surface area contributed by atoms with Crippen LogP contribution in [0.5, 0.6) is 17.2 Å². The number of allylic oxidation sites excluding steroid dienone is 4. The van der Waals surface area contributed by atoms with Crippen LogP contribution in [0.3, 0.4) is 0 Å². The number of hydrogen-bond donors (Lipinski definition) is 1. The van der Waals surface area contributed by atoms with Gasteiger partial charge in [-0.1, -0.05) is 154 Å². The van der Waals surface area contributed by atoms with Gasteiger partial charge in [-0.3, -0.25) is 0 Å². The Morgan fingerprint density at radius 3 is 1.12 bits per heavy atom. The molecular formula is C44H76O5. The van der Waals surface area contributed by atoms with Crippen molar-refractivity contribution in [2.45, 2.75) is 194 Å². The highest BCUT2D eigenvalue weighted by molar-refractivity contribution is 5.89. The Labute approximate surface area is 302 Å². The van der Waals surface area contributed by atoms with E-state index in [1.165, 1.54) is 154 Å². The summed E-state index contributed by atoms with van der Waals surface area (Å²) < 4.78 is 17.7. The fraction of sp³-hybridized carbons (Fsp3) is 0.750. The number of rotatable bonds is 36. The Kier molecular flexibility index (Phi) is 31.0. The first-order chi connectivity index (χ1) is 24.1. The van der Waals surface area contributed by atoms with E-state index in [2.05, 4.69) is 38.2 Å². The van der Waals surface area contributed by atoms with E-state index in [-0.39, 0.29) is 5.56 Å². The van der Waals surface area contributed by atoms with E-state index in [0.29, 0.717) is 30.5 Å². The molecule has 0 aromatic heterocycles. The summed E-state index contributed by atoms with van der Waals surface area (Å²) in [5, 5.41) is 9.68. The molecule has 0 aliphatic carbocycles. The zero-order chi connectivity index (χ0) is 35.5. The van der Waals surface area contributed by atoms with Crippen LogP contribution in [-0.4, -0.2) is 31.4 Å². The third-order valence-corrected chi connectivity index (χ3v) is 9.30. The fourth-order valence-electron chi connectivity index (χ4n) is 6.18. The first-order valence-corrected chi connectivity index (χ1v) is 20.6. The highest BCUT2D eigenvalue weighted by atomic mass is 16.5. The first-order valence-electron chi connectivity index (χ1n) is 20.6. The van der Waals surface area contributed by atoms with Crippen molar-refractivity contribution in [2.24, 2.45) is 0 Å². The lowest BCUT2D eigenvalue weighted by Gasteiger charge is -2.16. The van der Waals surface area contributed by atoms with Gasteiger partial charge in [0, 0.05) is 0 Å². The van der Waals surface area contributed by atoms with E-state index in [4.69, 9.17) is 14.2 Å². The monoisotopic (exact) mass is 685 g/mol. The lowest BCUT2D eigenvalue weighted by Crippen LogP contribution is -2.06. The molecule has 1 aromatic carbocycles. The highest BCUT2D eigenvalue weighted by Gasteiger charge is 2.17. The summed E-state index contributed by atoms with van der Waals surface area (Å²) in [5.41, 5.74) is 0.160. The van der Waals surface area contributed by atoms with Crippen molar-refractivity contribution in [3.8, 4) is 17.2 Å². The number of unbranched alkanes of at least 4 members (excludes halogenated alkanes) is 24. The van der Waals surface area contributed by atoms with Crippen LogP contribution >= 0.6 is 0 Å². The number of hydrogen-bond acceptors (Lipinski definition) is 4. The molecule has 1 rings (SSSR count). The Bertz CT molecular complexity index is 888. The zero-order valence-corrected chi connectivity index (χ0v) is 32.3. The normalized spacial score (nSPS) is 11.6. The van der Waals surface area contributed by atoms with E-state index in [9.17, 15) is 9.90 Å². The van der Waals surface area contributed by atoms with Gasteiger partial charge >= 0.3 is 5.97 Å². The van der Waals surface area contributed by atoms with Gasteiger partial charge in [-0.25, -0.2) is 4.79 Å². The van der Waals surface area contributed by atoms with Crippen LogP contribution in [0.1, 0.15) is 204 Å². The molecule has 0 unspecified atom stereocenters. The van der Waals surface area contributed by atoms with Crippen molar-refractivity contribution in [1.82, 2.24) is 0 Å². The summed E-state index contributed by atoms with van der Waals surface area (Å²) in [6, 6.07) is 3.11. The SMILES string of the molecule is CCCCCCCC/C=C\CCCCCCCCOc1cc(C(=O)O)cc(OCCCCCCCC/C=C\CCCCCCCC)c1OC. The molecule has 0 atom stereocenters. The molecule has 0 heterocycles. The zero-order valence-electron chi connectivity index (χ0n) is 32.3. The van der Waals surface area contributed by atoms with Crippen LogP contribution in [0.25, 0.3) is 0 Å². The number of aromatic carboxylic acids is 1. The van der Waals surface area contributed by atoms with Crippen molar-refractivity contribution in [3.63, 3.8) is 0 Å². The molecule has 0 spiro atoms. The third-order valence-electron chi connectivity index (χ3n) is 9.30. The molecule has 0 saturated carbocycles. The second kappa shape index (κ2) is 34.0. The quantitative estimate of drug-likeness (QED) is 0.0563. The van der Waals surface area contributed by atoms with Crippen molar-refractivity contribution in [1.29, 1.82) is 0 Å². The number of benzene rings is 1. The molecule has 1 aromatic rings. The molecule has 1 N–H and O–H groups in total. The van der Waals surface area contributed by atoms with Crippen LogP contribution in [0, 0.1) is 0 Å². The van der Waals surface area contributed by atoms with Gasteiger partial charge in [0.2, 0.25) is 5.75 Å². The predicted octanol–water partition coefficient (Wildman–Crippen LogP) is 14.2. The second-order valence-corrected chi connectivity index (χ2v) is 13.9. The molecule has 0 fully saturated rings. The number of carboxylic acid groups (broad SMARTS) is 1. The first kappa shape index (κ1) is 44.6. The van der Waals surface area contributed by atoms with E-state index in [1.54, 1.807) is 19.2 Å². The summed E-state index contributed by atoms with van der Waals surface area (Å²) in [4.78, 5) is 11.8. The molecule has 5 heteroatoms. The Hall–Kier alpha value is -2.43. The lowest BCUT2D eigenvalue weighted by atomic mass is 10.1. The predicted molar refractivity (Wildman–Crippen MR) is 210 cm³/mol. The lowest BCUT2D eigenvalue weighted by molar-refractivity contribution is 0.0695. The maximum Gasteiger partial charge on any atom is 0.335 e. The molecule has 0 aliphatic heterocycles. The Balaban J connectivity index is 2.19. The largest absolute Gasteiger partial charge is 0.490 e. The van der Waals surface area contributed by atoms with E-state index in [0.717, 1.165) is 25.7 Å². The molecule has 0 amide bonds. The Morgan fingerprint density at radius 2 is 0.816 bits per heavy atom. The van der Waals surface area contributed by atoms with Crippen molar-refractivity contribution in [2.75, 3.05) is 20.3 Å². The van der Waals surface area contributed by atoms with Crippen molar-refractivity contribution in [3.05, 3.63) is 42.0 Å². The minimum Gasteiger partial charge on any atom is -0.490 e. The van der Waals surface area contributed by atoms with E-state index in [1.807, 2.05) is 0 Å². The molecule has 0 radical (unpaired) electrons. The molecule has 0 aliphatic rings. The summed E-state index contributed by atoms with van der Waals surface area (Å²) in [6.07, 6.45) is 44.8. The van der Waals surface area contributed by atoms with Gasteiger partial charge in [-0.2, -0.15) is 0 Å². The molecule has 0 saturated heterocycles. The molecular weight excluding hydrogens is 608 g/mol. The maximum absolute atomic E-state index is 11.8. The van der Waals surface area contributed by atoms with Crippen molar-refractivity contribution < 1.29 is 24.1 Å².